The predicted molar refractivity (Wildman–Crippen MR) is 60.4 cm³/mol. The molecule has 1 rings (SSSR count). The molecule has 0 bridgehead atoms. The summed E-state index contributed by atoms with van der Waals surface area (Å²) in [4.78, 5) is 4.11. The van der Waals surface area contributed by atoms with Gasteiger partial charge < -0.3 is 10.8 Å². The molecule has 1 unspecified atom stereocenters. The molecular weight excluding hydrogens is 210 g/mol. The normalized spacial score (nSPS) is 12.1. The SMILES string of the molecule is CC(CCO)Sc1nccc(C#N)c1N. The van der Waals surface area contributed by atoms with Gasteiger partial charge in [-0.15, -0.1) is 11.8 Å². The zero-order valence-corrected chi connectivity index (χ0v) is 9.29. The molecule has 1 aromatic heterocycles. The maximum absolute atomic E-state index is 8.77. The largest absolute Gasteiger partial charge is 0.396 e. The first-order chi connectivity index (χ1) is 7.19. The van der Waals surface area contributed by atoms with Gasteiger partial charge in [0.15, 0.2) is 0 Å². The number of thioether (sulfide) groups is 1. The summed E-state index contributed by atoms with van der Waals surface area (Å²) in [6.07, 6.45) is 2.26. The van der Waals surface area contributed by atoms with E-state index in [9.17, 15) is 0 Å². The zero-order valence-electron chi connectivity index (χ0n) is 8.47. The van der Waals surface area contributed by atoms with Crippen molar-refractivity contribution in [2.45, 2.75) is 23.6 Å². The summed E-state index contributed by atoms with van der Waals surface area (Å²) in [6.45, 7) is 2.13. The Kier molecular flexibility index (Phi) is 4.40. The van der Waals surface area contributed by atoms with Crippen LogP contribution in [0.3, 0.4) is 0 Å². The molecule has 0 aromatic carbocycles. The third kappa shape index (κ3) is 3.11. The van der Waals surface area contributed by atoms with E-state index in [1.54, 1.807) is 12.3 Å². The molecule has 0 amide bonds. The van der Waals surface area contributed by atoms with Crippen LogP contribution in [0.1, 0.15) is 18.9 Å². The van der Waals surface area contributed by atoms with Crippen molar-refractivity contribution in [3.05, 3.63) is 17.8 Å². The Morgan fingerprint density at radius 2 is 2.47 bits per heavy atom. The maximum Gasteiger partial charge on any atom is 0.121 e. The highest BCUT2D eigenvalue weighted by atomic mass is 32.2. The molecule has 1 aromatic rings. The first-order valence-electron chi connectivity index (χ1n) is 4.61. The van der Waals surface area contributed by atoms with Crippen LogP contribution in [-0.4, -0.2) is 21.9 Å². The van der Waals surface area contributed by atoms with Crippen molar-refractivity contribution in [1.82, 2.24) is 4.98 Å². The van der Waals surface area contributed by atoms with Crippen molar-refractivity contribution < 1.29 is 5.11 Å². The van der Waals surface area contributed by atoms with Gasteiger partial charge in [-0.05, 0) is 12.5 Å². The molecule has 0 aliphatic carbocycles. The van der Waals surface area contributed by atoms with Gasteiger partial charge in [0.2, 0.25) is 0 Å². The molecule has 5 heteroatoms. The number of nitriles is 1. The zero-order chi connectivity index (χ0) is 11.3. The minimum atomic E-state index is 0.145. The molecule has 1 heterocycles. The lowest BCUT2D eigenvalue weighted by atomic mass is 10.2. The number of aromatic nitrogens is 1. The summed E-state index contributed by atoms with van der Waals surface area (Å²) in [5.74, 6) is 0. The number of aliphatic hydroxyl groups excluding tert-OH is 1. The fraction of sp³-hybridized carbons (Fsp3) is 0.400. The van der Waals surface area contributed by atoms with Crippen molar-refractivity contribution in [3.8, 4) is 6.07 Å². The first kappa shape index (κ1) is 11.8. The fourth-order valence-electron chi connectivity index (χ4n) is 1.08. The Balaban J connectivity index is 2.82. The van der Waals surface area contributed by atoms with Crippen LogP contribution >= 0.6 is 11.8 Å². The molecule has 3 N–H and O–H groups in total. The highest BCUT2D eigenvalue weighted by molar-refractivity contribution is 8.00. The highest BCUT2D eigenvalue weighted by Crippen LogP contribution is 2.29. The third-order valence-electron chi connectivity index (χ3n) is 1.92. The van der Waals surface area contributed by atoms with Crippen LogP contribution < -0.4 is 5.73 Å². The minimum absolute atomic E-state index is 0.145. The number of nitrogens with zero attached hydrogens (tertiary/aromatic N) is 2. The van der Waals surface area contributed by atoms with E-state index < -0.39 is 0 Å². The molecule has 15 heavy (non-hydrogen) atoms. The molecule has 0 radical (unpaired) electrons. The topological polar surface area (TPSA) is 82.9 Å². The summed E-state index contributed by atoms with van der Waals surface area (Å²) in [6, 6.07) is 3.61. The Labute approximate surface area is 93.1 Å². The van der Waals surface area contributed by atoms with E-state index in [2.05, 4.69) is 4.98 Å². The van der Waals surface area contributed by atoms with E-state index in [0.717, 1.165) is 0 Å². The van der Waals surface area contributed by atoms with E-state index in [-0.39, 0.29) is 11.9 Å². The molecular formula is C10H13N3OS. The van der Waals surface area contributed by atoms with Gasteiger partial charge in [0.05, 0.1) is 11.3 Å². The highest BCUT2D eigenvalue weighted by Gasteiger charge is 2.10. The van der Waals surface area contributed by atoms with Crippen molar-refractivity contribution >= 4 is 17.4 Å². The molecule has 0 aliphatic rings. The minimum Gasteiger partial charge on any atom is -0.396 e. The second kappa shape index (κ2) is 5.59. The molecule has 0 saturated carbocycles. The second-order valence-corrected chi connectivity index (χ2v) is 4.56. The quantitative estimate of drug-likeness (QED) is 0.754. The molecule has 80 valence electrons. The summed E-state index contributed by atoms with van der Waals surface area (Å²) < 4.78 is 0. The number of nitrogens with two attached hydrogens (primary N) is 1. The number of rotatable bonds is 4. The van der Waals surface area contributed by atoms with Crippen molar-refractivity contribution in [1.29, 1.82) is 5.26 Å². The van der Waals surface area contributed by atoms with Gasteiger partial charge in [-0.2, -0.15) is 5.26 Å². The number of pyridine rings is 1. The van der Waals surface area contributed by atoms with E-state index in [0.29, 0.717) is 22.7 Å². The molecule has 0 saturated heterocycles. The van der Waals surface area contributed by atoms with Crippen LogP contribution in [0.25, 0.3) is 0 Å². The third-order valence-corrected chi connectivity index (χ3v) is 3.11. The Morgan fingerprint density at radius 3 is 3.07 bits per heavy atom. The standard InChI is InChI=1S/C10H13N3OS/c1-7(3-5-14)15-10-9(12)8(6-11)2-4-13-10/h2,4,7,14H,3,5,12H2,1H3. The van der Waals surface area contributed by atoms with Gasteiger partial charge in [0, 0.05) is 18.1 Å². The van der Waals surface area contributed by atoms with Crippen LogP contribution in [0, 0.1) is 11.3 Å². The Hall–Kier alpha value is -1.25. The van der Waals surface area contributed by atoms with Gasteiger partial charge in [-0.25, -0.2) is 4.98 Å². The van der Waals surface area contributed by atoms with Crippen LogP contribution in [0.15, 0.2) is 17.3 Å². The summed E-state index contributed by atoms with van der Waals surface area (Å²) >= 11 is 1.48. The number of hydrogen-bond donors (Lipinski definition) is 2. The van der Waals surface area contributed by atoms with E-state index in [1.165, 1.54) is 11.8 Å². The van der Waals surface area contributed by atoms with Gasteiger partial charge in [0.1, 0.15) is 11.1 Å². The average Bonchev–Trinajstić information content (AvgIpc) is 2.21. The molecule has 1 atom stereocenters. The lowest BCUT2D eigenvalue weighted by Crippen LogP contribution is -2.02. The molecule has 0 fully saturated rings. The molecule has 0 aliphatic heterocycles. The lowest BCUT2D eigenvalue weighted by Gasteiger charge is -2.10. The van der Waals surface area contributed by atoms with Gasteiger partial charge in [-0.1, -0.05) is 6.92 Å². The number of anilines is 1. The van der Waals surface area contributed by atoms with Gasteiger partial charge in [0.25, 0.3) is 0 Å². The lowest BCUT2D eigenvalue weighted by molar-refractivity contribution is 0.289. The van der Waals surface area contributed by atoms with Gasteiger partial charge in [-0.3, -0.25) is 0 Å². The summed E-state index contributed by atoms with van der Waals surface area (Å²) in [5, 5.41) is 18.4. The summed E-state index contributed by atoms with van der Waals surface area (Å²) in [5.41, 5.74) is 6.64. The molecule has 0 spiro atoms. The monoisotopic (exact) mass is 223 g/mol. The van der Waals surface area contributed by atoms with Crippen molar-refractivity contribution in [2.75, 3.05) is 12.3 Å². The Bertz CT molecular complexity index is 375. The van der Waals surface area contributed by atoms with Crippen LogP contribution in [0.5, 0.6) is 0 Å². The smallest absolute Gasteiger partial charge is 0.121 e. The second-order valence-electron chi connectivity index (χ2n) is 3.13. The molecule has 4 nitrogen and oxygen atoms in total. The fourth-order valence-corrected chi connectivity index (χ4v) is 2.04. The van der Waals surface area contributed by atoms with Gasteiger partial charge >= 0.3 is 0 Å². The van der Waals surface area contributed by atoms with Crippen molar-refractivity contribution in [3.63, 3.8) is 0 Å². The summed E-state index contributed by atoms with van der Waals surface area (Å²) in [7, 11) is 0. The number of aliphatic hydroxyl groups is 1. The van der Waals surface area contributed by atoms with E-state index in [4.69, 9.17) is 16.1 Å². The predicted octanol–water partition coefficient (Wildman–Crippen LogP) is 1.40. The maximum atomic E-state index is 8.77. The van der Waals surface area contributed by atoms with Crippen LogP contribution in [-0.2, 0) is 0 Å². The van der Waals surface area contributed by atoms with E-state index in [1.807, 2.05) is 13.0 Å². The number of hydrogen-bond acceptors (Lipinski definition) is 5. The average molecular weight is 223 g/mol. The Morgan fingerprint density at radius 1 is 1.73 bits per heavy atom. The van der Waals surface area contributed by atoms with Crippen molar-refractivity contribution in [2.24, 2.45) is 0 Å². The first-order valence-corrected chi connectivity index (χ1v) is 5.49. The van der Waals surface area contributed by atoms with Crippen LogP contribution in [0.4, 0.5) is 5.69 Å². The number of nitrogen functional groups attached to an aromatic ring is 1. The van der Waals surface area contributed by atoms with E-state index >= 15 is 0 Å². The van der Waals surface area contributed by atoms with Crippen LogP contribution in [0.2, 0.25) is 0 Å².